The molecule has 166 valence electrons. The quantitative estimate of drug-likeness (QED) is 0.323. The molecule has 0 unspecified atom stereocenters. The van der Waals surface area contributed by atoms with Gasteiger partial charge in [-0.25, -0.2) is 9.97 Å². The van der Waals surface area contributed by atoms with E-state index in [2.05, 4.69) is 20.8 Å². The number of nitrogens with zero attached hydrogens (tertiary/aromatic N) is 2. The number of hydrogen-bond donors (Lipinski definition) is 2. The van der Waals surface area contributed by atoms with Crippen LogP contribution in [-0.4, -0.2) is 28.4 Å². The summed E-state index contributed by atoms with van der Waals surface area (Å²) >= 11 is 1.54. The molecule has 2 aromatic carbocycles. The summed E-state index contributed by atoms with van der Waals surface area (Å²) in [6, 6.07) is 14.7. The Hall–Kier alpha value is -3.39. The van der Waals surface area contributed by atoms with Crippen LogP contribution in [0.2, 0.25) is 0 Å². The fourth-order valence-electron chi connectivity index (χ4n) is 2.85. The van der Waals surface area contributed by atoms with Crippen LogP contribution in [0, 0.1) is 27.7 Å². The van der Waals surface area contributed by atoms with Gasteiger partial charge in [-0.15, -0.1) is 0 Å². The first kappa shape index (κ1) is 23.3. The Morgan fingerprint density at radius 3 is 2.22 bits per heavy atom. The van der Waals surface area contributed by atoms with E-state index in [-0.39, 0.29) is 6.61 Å². The van der Waals surface area contributed by atoms with Crippen LogP contribution < -0.4 is 15.6 Å². The Morgan fingerprint density at radius 1 is 0.875 bits per heavy atom. The highest BCUT2D eigenvalue weighted by molar-refractivity contribution is 7.98. The molecule has 32 heavy (non-hydrogen) atoms. The van der Waals surface area contributed by atoms with E-state index in [0.717, 1.165) is 33.2 Å². The normalized spacial score (nSPS) is 10.5. The molecular formula is C24H26N4O3S. The molecule has 0 spiro atoms. The summed E-state index contributed by atoms with van der Waals surface area (Å²) in [5, 5.41) is 0.732. The minimum absolute atomic E-state index is 0.195. The molecule has 0 aliphatic rings. The number of aryl methyl sites for hydroxylation is 4. The highest BCUT2D eigenvalue weighted by Crippen LogP contribution is 2.20. The number of carbonyl (C=O) groups is 2. The second-order valence-corrected chi connectivity index (χ2v) is 8.40. The molecule has 8 heteroatoms. The molecule has 3 aromatic rings. The van der Waals surface area contributed by atoms with Crippen molar-refractivity contribution in [3.05, 3.63) is 82.2 Å². The molecule has 0 saturated heterocycles. The molecule has 3 rings (SSSR count). The predicted molar refractivity (Wildman–Crippen MR) is 125 cm³/mol. The van der Waals surface area contributed by atoms with Gasteiger partial charge in [0.25, 0.3) is 11.8 Å². The van der Waals surface area contributed by atoms with Crippen LogP contribution in [0.15, 0.2) is 53.7 Å². The van der Waals surface area contributed by atoms with E-state index in [4.69, 9.17) is 4.74 Å². The van der Waals surface area contributed by atoms with Gasteiger partial charge in [0.05, 0.1) is 0 Å². The minimum atomic E-state index is -0.446. The summed E-state index contributed by atoms with van der Waals surface area (Å²) in [7, 11) is 0. The Kier molecular flexibility index (Phi) is 7.83. The number of nitrogens with one attached hydrogen (secondary N) is 2. The van der Waals surface area contributed by atoms with Crippen molar-refractivity contribution in [3.8, 4) is 5.75 Å². The Balaban J connectivity index is 1.44. The average molecular weight is 451 g/mol. The molecule has 0 atom stereocenters. The maximum atomic E-state index is 12.3. The lowest BCUT2D eigenvalue weighted by molar-refractivity contribution is -0.123. The van der Waals surface area contributed by atoms with E-state index >= 15 is 0 Å². The molecule has 1 heterocycles. The lowest BCUT2D eigenvalue weighted by Gasteiger charge is -2.10. The van der Waals surface area contributed by atoms with Crippen LogP contribution in [0.1, 0.15) is 38.4 Å². The Labute approximate surface area is 192 Å². The van der Waals surface area contributed by atoms with Gasteiger partial charge in [0.2, 0.25) is 0 Å². The molecule has 2 N–H and O–H groups in total. The summed E-state index contributed by atoms with van der Waals surface area (Å²) < 4.78 is 5.46. The number of hydrazine groups is 1. The predicted octanol–water partition coefficient (Wildman–Crippen LogP) is 3.84. The number of hydrogen-bond acceptors (Lipinski definition) is 6. The number of thioether (sulfide) groups is 1. The zero-order chi connectivity index (χ0) is 23.1. The zero-order valence-electron chi connectivity index (χ0n) is 18.6. The lowest BCUT2D eigenvalue weighted by Crippen LogP contribution is -2.43. The van der Waals surface area contributed by atoms with Crippen LogP contribution in [0.25, 0.3) is 0 Å². The van der Waals surface area contributed by atoms with Gasteiger partial charge in [0.1, 0.15) is 5.75 Å². The molecule has 0 radical (unpaired) electrons. The van der Waals surface area contributed by atoms with Crippen molar-refractivity contribution in [1.82, 2.24) is 20.8 Å². The van der Waals surface area contributed by atoms with Gasteiger partial charge >= 0.3 is 0 Å². The number of aromatic nitrogens is 2. The van der Waals surface area contributed by atoms with Crippen LogP contribution in [0.3, 0.4) is 0 Å². The van der Waals surface area contributed by atoms with Crippen LogP contribution in [-0.2, 0) is 10.5 Å². The van der Waals surface area contributed by atoms with Crippen molar-refractivity contribution >= 4 is 23.6 Å². The van der Waals surface area contributed by atoms with Gasteiger partial charge in [-0.2, -0.15) is 0 Å². The van der Waals surface area contributed by atoms with Gasteiger partial charge in [-0.1, -0.05) is 30.0 Å². The summed E-state index contributed by atoms with van der Waals surface area (Å²) in [4.78, 5) is 33.1. The van der Waals surface area contributed by atoms with Gasteiger partial charge in [0.15, 0.2) is 11.8 Å². The van der Waals surface area contributed by atoms with E-state index in [1.807, 2.05) is 58.0 Å². The molecule has 0 aliphatic carbocycles. The standard InChI is InChI=1S/C24H26N4O3S/c1-15-5-10-21(11-16(15)2)31-13-22(29)27-28-23(30)20-8-6-19(7-9-20)14-32-24-25-17(3)12-18(4)26-24/h5-12H,13-14H2,1-4H3,(H,27,29)(H,28,30). The second-order valence-electron chi connectivity index (χ2n) is 7.46. The van der Waals surface area contributed by atoms with Gasteiger partial charge in [-0.05, 0) is 74.7 Å². The summed E-state index contributed by atoms with van der Waals surface area (Å²) in [5.41, 5.74) is 10.4. The van der Waals surface area contributed by atoms with Gasteiger partial charge < -0.3 is 4.74 Å². The van der Waals surface area contributed by atoms with Crippen LogP contribution in [0.5, 0.6) is 5.75 Å². The SMILES string of the molecule is Cc1cc(C)nc(SCc2ccc(C(=O)NNC(=O)COc3ccc(C)c(C)c3)cc2)n1. The Morgan fingerprint density at radius 2 is 1.56 bits per heavy atom. The third kappa shape index (κ3) is 6.81. The van der Waals surface area contributed by atoms with Crippen molar-refractivity contribution in [2.24, 2.45) is 0 Å². The van der Waals surface area contributed by atoms with Crippen molar-refractivity contribution in [2.45, 2.75) is 38.6 Å². The number of ether oxygens (including phenoxy) is 1. The van der Waals surface area contributed by atoms with Gasteiger partial charge in [-0.3, -0.25) is 20.4 Å². The van der Waals surface area contributed by atoms with Crippen molar-refractivity contribution in [3.63, 3.8) is 0 Å². The third-order valence-electron chi connectivity index (χ3n) is 4.71. The molecule has 2 amide bonds. The molecule has 7 nitrogen and oxygen atoms in total. The smallest absolute Gasteiger partial charge is 0.276 e. The summed E-state index contributed by atoms with van der Waals surface area (Å²) in [5.74, 6) is 0.450. The highest BCUT2D eigenvalue weighted by atomic mass is 32.2. The summed E-state index contributed by atoms with van der Waals surface area (Å²) in [6.07, 6.45) is 0. The summed E-state index contributed by atoms with van der Waals surface area (Å²) in [6.45, 7) is 7.68. The zero-order valence-corrected chi connectivity index (χ0v) is 19.4. The first-order valence-corrected chi connectivity index (χ1v) is 11.1. The second kappa shape index (κ2) is 10.8. The molecule has 0 bridgehead atoms. The lowest BCUT2D eigenvalue weighted by atomic mass is 10.1. The van der Waals surface area contributed by atoms with Crippen molar-refractivity contribution in [1.29, 1.82) is 0 Å². The van der Waals surface area contributed by atoms with Crippen LogP contribution in [0.4, 0.5) is 0 Å². The van der Waals surface area contributed by atoms with E-state index in [0.29, 0.717) is 17.1 Å². The fourth-order valence-corrected chi connectivity index (χ4v) is 3.75. The van der Waals surface area contributed by atoms with E-state index < -0.39 is 11.8 Å². The van der Waals surface area contributed by atoms with Gasteiger partial charge in [0, 0.05) is 22.7 Å². The topological polar surface area (TPSA) is 93.2 Å². The molecule has 0 fully saturated rings. The molecular weight excluding hydrogens is 424 g/mol. The average Bonchev–Trinajstić information content (AvgIpc) is 2.76. The first-order valence-electron chi connectivity index (χ1n) is 10.1. The number of benzene rings is 2. The van der Waals surface area contributed by atoms with E-state index in [9.17, 15) is 9.59 Å². The molecule has 1 aromatic heterocycles. The van der Waals surface area contributed by atoms with E-state index in [1.54, 1.807) is 30.0 Å². The molecule has 0 saturated carbocycles. The Bertz CT molecular complexity index is 1100. The monoisotopic (exact) mass is 450 g/mol. The maximum absolute atomic E-state index is 12.3. The highest BCUT2D eigenvalue weighted by Gasteiger charge is 2.09. The number of amides is 2. The number of rotatable bonds is 7. The maximum Gasteiger partial charge on any atom is 0.276 e. The van der Waals surface area contributed by atoms with Crippen molar-refractivity contribution < 1.29 is 14.3 Å². The molecule has 0 aliphatic heterocycles. The van der Waals surface area contributed by atoms with Crippen LogP contribution >= 0.6 is 11.8 Å². The van der Waals surface area contributed by atoms with Crippen molar-refractivity contribution in [2.75, 3.05) is 6.61 Å². The number of carbonyl (C=O) groups excluding carboxylic acids is 2. The fraction of sp³-hybridized carbons (Fsp3) is 0.250. The minimum Gasteiger partial charge on any atom is -0.484 e. The third-order valence-corrected chi connectivity index (χ3v) is 5.63. The largest absolute Gasteiger partial charge is 0.484 e. The first-order chi connectivity index (χ1) is 15.3. The van der Waals surface area contributed by atoms with E-state index in [1.165, 1.54) is 0 Å².